The van der Waals surface area contributed by atoms with Gasteiger partial charge in [0.1, 0.15) is 0 Å². The van der Waals surface area contributed by atoms with E-state index in [0.717, 1.165) is 18.4 Å². The Morgan fingerprint density at radius 2 is 1.82 bits per heavy atom. The largest absolute Gasteiger partial charge is 0.501 e. The van der Waals surface area contributed by atoms with Crippen molar-refractivity contribution in [1.82, 2.24) is 0 Å². The van der Waals surface area contributed by atoms with E-state index in [2.05, 4.69) is 34.6 Å². The summed E-state index contributed by atoms with van der Waals surface area (Å²) in [6.07, 6.45) is 9.73. The first-order valence-corrected chi connectivity index (χ1v) is 9.13. The SMILES string of the molecule is CC(C)=COCC(C)C12CC3CC(C1)CC(C(C)(C)O)(C3)C2. The molecular weight excluding hydrogens is 272 g/mol. The highest BCUT2D eigenvalue weighted by Gasteiger charge is 2.63. The second kappa shape index (κ2) is 5.26. The van der Waals surface area contributed by atoms with Crippen LogP contribution < -0.4 is 0 Å². The van der Waals surface area contributed by atoms with Gasteiger partial charge in [0.25, 0.3) is 0 Å². The molecule has 0 aromatic heterocycles. The minimum atomic E-state index is -0.545. The molecule has 0 aromatic rings. The van der Waals surface area contributed by atoms with E-state index < -0.39 is 5.60 Å². The van der Waals surface area contributed by atoms with Crippen LogP contribution in [0.1, 0.15) is 73.1 Å². The Morgan fingerprint density at radius 1 is 1.23 bits per heavy atom. The van der Waals surface area contributed by atoms with Crippen molar-refractivity contribution >= 4 is 0 Å². The quantitative estimate of drug-likeness (QED) is 0.730. The lowest BCUT2D eigenvalue weighted by molar-refractivity contribution is -0.207. The fraction of sp³-hybridized carbons (Fsp3) is 0.900. The zero-order valence-electron chi connectivity index (χ0n) is 15.1. The van der Waals surface area contributed by atoms with E-state index in [1.807, 2.05) is 6.26 Å². The van der Waals surface area contributed by atoms with E-state index in [4.69, 9.17) is 4.74 Å². The maximum Gasteiger partial charge on any atom is 0.0904 e. The lowest BCUT2D eigenvalue weighted by Gasteiger charge is -2.66. The third-order valence-corrected chi connectivity index (χ3v) is 7.11. The van der Waals surface area contributed by atoms with Crippen molar-refractivity contribution in [1.29, 1.82) is 0 Å². The van der Waals surface area contributed by atoms with E-state index in [1.54, 1.807) is 0 Å². The smallest absolute Gasteiger partial charge is 0.0904 e. The predicted molar refractivity (Wildman–Crippen MR) is 90.4 cm³/mol. The lowest BCUT2D eigenvalue weighted by atomic mass is 9.39. The standard InChI is InChI=1S/C20H34O2/c1-14(2)11-22-12-15(3)19-7-16-6-17(8-19)10-20(9-16,13-19)18(4,5)21/h11,15-17,21H,6-10,12-13H2,1-5H3. The molecule has 0 amide bonds. The Balaban J connectivity index is 1.80. The third kappa shape index (κ3) is 2.62. The molecule has 0 aromatic carbocycles. The fourth-order valence-electron chi connectivity index (χ4n) is 6.16. The lowest BCUT2D eigenvalue weighted by Crippen LogP contribution is -2.61. The van der Waals surface area contributed by atoms with E-state index >= 15 is 0 Å². The third-order valence-electron chi connectivity index (χ3n) is 7.11. The van der Waals surface area contributed by atoms with Gasteiger partial charge in [-0.1, -0.05) is 6.92 Å². The summed E-state index contributed by atoms with van der Waals surface area (Å²) in [7, 11) is 0. The van der Waals surface area contributed by atoms with Crippen LogP contribution in [0, 0.1) is 28.6 Å². The minimum absolute atomic E-state index is 0.155. The van der Waals surface area contributed by atoms with Gasteiger partial charge in [0.05, 0.1) is 18.5 Å². The number of hydrogen-bond donors (Lipinski definition) is 1. The van der Waals surface area contributed by atoms with Crippen molar-refractivity contribution in [2.75, 3.05) is 6.61 Å². The van der Waals surface area contributed by atoms with Crippen LogP contribution in [0.4, 0.5) is 0 Å². The number of allylic oxidation sites excluding steroid dienone is 1. The Hall–Kier alpha value is -0.500. The van der Waals surface area contributed by atoms with Crippen LogP contribution >= 0.6 is 0 Å². The van der Waals surface area contributed by atoms with Gasteiger partial charge in [-0.05, 0) is 100 Å². The summed E-state index contributed by atoms with van der Waals surface area (Å²) in [6, 6.07) is 0. The van der Waals surface area contributed by atoms with Gasteiger partial charge in [0, 0.05) is 0 Å². The van der Waals surface area contributed by atoms with Crippen molar-refractivity contribution < 1.29 is 9.84 Å². The fourth-order valence-corrected chi connectivity index (χ4v) is 6.16. The topological polar surface area (TPSA) is 29.5 Å². The van der Waals surface area contributed by atoms with Gasteiger partial charge in [0.2, 0.25) is 0 Å². The summed E-state index contributed by atoms with van der Waals surface area (Å²) in [4.78, 5) is 0. The van der Waals surface area contributed by atoms with Gasteiger partial charge in [-0.3, -0.25) is 0 Å². The highest BCUT2D eigenvalue weighted by molar-refractivity contribution is 5.13. The molecule has 4 bridgehead atoms. The molecule has 4 fully saturated rings. The van der Waals surface area contributed by atoms with Gasteiger partial charge in [-0.15, -0.1) is 0 Å². The Kier molecular flexibility index (Phi) is 3.91. The molecule has 4 rings (SSSR count). The summed E-state index contributed by atoms with van der Waals surface area (Å²) in [5, 5.41) is 10.9. The zero-order valence-corrected chi connectivity index (χ0v) is 15.1. The Bertz CT molecular complexity index is 439. The molecule has 3 unspecified atom stereocenters. The van der Waals surface area contributed by atoms with Crippen LogP contribution in [-0.2, 0) is 4.74 Å². The van der Waals surface area contributed by atoms with Crippen LogP contribution in [0.25, 0.3) is 0 Å². The first kappa shape index (κ1) is 16.4. The number of aliphatic hydroxyl groups is 1. The molecule has 4 saturated carbocycles. The second-order valence-corrected chi connectivity index (χ2v) is 9.59. The van der Waals surface area contributed by atoms with E-state index in [-0.39, 0.29) is 5.41 Å². The summed E-state index contributed by atoms with van der Waals surface area (Å²) < 4.78 is 5.84. The molecule has 0 aliphatic heterocycles. The number of ether oxygens (including phenoxy) is 1. The summed E-state index contributed by atoms with van der Waals surface area (Å²) in [6.45, 7) is 11.5. The first-order chi connectivity index (χ1) is 10.2. The Morgan fingerprint density at radius 3 is 2.32 bits per heavy atom. The van der Waals surface area contributed by atoms with E-state index in [0.29, 0.717) is 11.3 Å². The highest BCUT2D eigenvalue weighted by Crippen LogP contribution is 2.69. The molecule has 2 heteroatoms. The maximum atomic E-state index is 10.9. The van der Waals surface area contributed by atoms with Crippen LogP contribution in [-0.4, -0.2) is 17.3 Å². The molecule has 0 saturated heterocycles. The van der Waals surface area contributed by atoms with Crippen LogP contribution in [0.2, 0.25) is 0 Å². The monoisotopic (exact) mass is 306 g/mol. The predicted octanol–water partition coefficient (Wildman–Crippen LogP) is 4.92. The van der Waals surface area contributed by atoms with Crippen LogP contribution in [0.5, 0.6) is 0 Å². The van der Waals surface area contributed by atoms with Crippen LogP contribution in [0.15, 0.2) is 11.8 Å². The molecule has 0 radical (unpaired) electrons. The van der Waals surface area contributed by atoms with Gasteiger partial charge >= 0.3 is 0 Å². The van der Waals surface area contributed by atoms with Crippen molar-refractivity contribution in [3.63, 3.8) is 0 Å². The zero-order chi connectivity index (χ0) is 16.2. The van der Waals surface area contributed by atoms with Crippen molar-refractivity contribution in [2.45, 2.75) is 78.7 Å². The number of rotatable bonds is 5. The molecule has 3 atom stereocenters. The van der Waals surface area contributed by atoms with E-state index in [1.165, 1.54) is 44.1 Å². The summed E-state index contributed by atoms with van der Waals surface area (Å²) >= 11 is 0. The minimum Gasteiger partial charge on any atom is -0.501 e. The van der Waals surface area contributed by atoms with Gasteiger partial charge in [-0.25, -0.2) is 0 Å². The number of hydrogen-bond acceptors (Lipinski definition) is 2. The molecule has 126 valence electrons. The molecule has 2 nitrogen and oxygen atoms in total. The molecule has 0 spiro atoms. The molecule has 4 aliphatic rings. The van der Waals surface area contributed by atoms with Crippen molar-refractivity contribution in [3.05, 3.63) is 11.8 Å². The van der Waals surface area contributed by atoms with Crippen molar-refractivity contribution in [2.24, 2.45) is 28.6 Å². The van der Waals surface area contributed by atoms with Gasteiger partial charge in [0.15, 0.2) is 0 Å². The maximum absolute atomic E-state index is 10.9. The molecule has 0 heterocycles. The average Bonchev–Trinajstić information content (AvgIpc) is 2.35. The Labute approximate surface area is 136 Å². The van der Waals surface area contributed by atoms with Crippen molar-refractivity contribution in [3.8, 4) is 0 Å². The summed E-state index contributed by atoms with van der Waals surface area (Å²) in [5.74, 6) is 2.24. The van der Waals surface area contributed by atoms with E-state index in [9.17, 15) is 5.11 Å². The normalized spacial score (nSPS) is 41.4. The first-order valence-electron chi connectivity index (χ1n) is 9.13. The molecule has 22 heavy (non-hydrogen) atoms. The molecular formula is C20H34O2. The molecule has 1 N–H and O–H groups in total. The highest BCUT2D eigenvalue weighted by atomic mass is 16.5. The van der Waals surface area contributed by atoms with Gasteiger partial charge < -0.3 is 9.84 Å². The van der Waals surface area contributed by atoms with Gasteiger partial charge in [-0.2, -0.15) is 0 Å². The second-order valence-electron chi connectivity index (χ2n) is 9.59. The summed E-state index contributed by atoms with van der Waals surface area (Å²) in [5.41, 5.74) is 1.24. The van der Waals surface area contributed by atoms with Crippen LogP contribution in [0.3, 0.4) is 0 Å². The molecule has 4 aliphatic carbocycles. The average molecular weight is 306 g/mol.